The number of likely N-dealkylation sites (N-methyl/N-ethyl adjacent to an activating group) is 1. The van der Waals surface area contributed by atoms with E-state index in [4.69, 9.17) is 5.10 Å². The topological polar surface area (TPSA) is 92.1 Å². The lowest BCUT2D eigenvalue weighted by atomic mass is 10.0. The van der Waals surface area contributed by atoms with E-state index in [1.165, 1.54) is 6.92 Å². The average Bonchev–Trinajstić information content (AvgIpc) is 3.16. The number of anilines is 2. The number of nitrogens with zero attached hydrogens (tertiary/aromatic N) is 7. The molecule has 1 saturated heterocycles. The maximum atomic E-state index is 14.2. The number of hydrogen-bond donors (Lipinski definition) is 1. The van der Waals surface area contributed by atoms with Gasteiger partial charge in [-0.3, -0.25) is 4.79 Å². The molecule has 9 nitrogen and oxygen atoms in total. The monoisotopic (exact) mass is 472 g/mol. The van der Waals surface area contributed by atoms with Gasteiger partial charge in [0.15, 0.2) is 11.6 Å². The Balaban J connectivity index is 1.90. The molecular formula is C23H30F2N8O. The predicted octanol–water partition coefficient (Wildman–Crippen LogP) is 3.37. The third-order valence-electron chi connectivity index (χ3n) is 6.01. The van der Waals surface area contributed by atoms with Crippen LogP contribution in [0.2, 0.25) is 0 Å². The number of aryl methyl sites for hydroxylation is 1. The van der Waals surface area contributed by atoms with Crippen LogP contribution in [-0.4, -0.2) is 68.8 Å². The lowest BCUT2D eigenvalue weighted by Crippen LogP contribution is -2.45. The van der Waals surface area contributed by atoms with Crippen LogP contribution in [-0.2, 0) is 17.1 Å². The van der Waals surface area contributed by atoms with Crippen molar-refractivity contribution in [3.8, 4) is 5.82 Å². The van der Waals surface area contributed by atoms with Crippen molar-refractivity contribution >= 4 is 28.4 Å². The zero-order valence-corrected chi connectivity index (χ0v) is 20.1. The normalized spacial score (nSPS) is 16.9. The fraction of sp³-hybridized carbons (Fsp3) is 0.522. The summed E-state index contributed by atoms with van der Waals surface area (Å²) in [5.41, 5.74) is 1.11. The van der Waals surface area contributed by atoms with E-state index in [2.05, 4.69) is 44.2 Å². The molecule has 1 N–H and O–H groups in total. The minimum atomic E-state index is -3.19. The Kier molecular flexibility index (Phi) is 6.48. The second-order valence-electron chi connectivity index (χ2n) is 8.99. The molecule has 1 fully saturated rings. The number of carbonyl (C=O) groups is 1. The number of pyridine rings is 1. The van der Waals surface area contributed by atoms with Crippen molar-refractivity contribution in [2.75, 3.05) is 37.4 Å². The van der Waals surface area contributed by atoms with Crippen LogP contribution >= 0.6 is 0 Å². The molecule has 1 aliphatic rings. The highest BCUT2D eigenvalue weighted by Crippen LogP contribution is 2.32. The largest absolute Gasteiger partial charge is 0.353 e. The summed E-state index contributed by atoms with van der Waals surface area (Å²) in [7, 11) is 4.12. The quantitative estimate of drug-likeness (QED) is 0.588. The van der Waals surface area contributed by atoms with Gasteiger partial charge in [0.25, 0.3) is 0 Å². The molecule has 0 aromatic carbocycles. The van der Waals surface area contributed by atoms with E-state index in [-0.39, 0.29) is 11.7 Å². The van der Waals surface area contributed by atoms with Gasteiger partial charge in [-0.05, 0) is 33.4 Å². The summed E-state index contributed by atoms with van der Waals surface area (Å²) in [6, 6.07) is 3.73. The summed E-state index contributed by atoms with van der Waals surface area (Å²) in [4.78, 5) is 28.6. The lowest BCUT2D eigenvalue weighted by Gasteiger charge is -2.36. The summed E-state index contributed by atoms with van der Waals surface area (Å²) in [6.07, 6.45) is 4.23. The number of amides is 1. The van der Waals surface area contributed by atoms with Gasteiger partial charge in [-0.1, -0.05) is 6.92 Å². The van der Waals surface area contributed by atoms with Crippen molar-refractivity contribution in [2.24, 2.45) is 0 Å². The van der Waals surface area contributed by atoms with Gasteiger partial charge in [-0.15, -0.1) is 5.10 Å². The number of rotatable bonds is 6. The van der Waals surface area contributed by atoms with E-state index in [1.807, 2.05) is 6.92 Å². The summed E-state index contributed by atoms with van der Waals surface area (Å²) < 4.78 is 29.9. The van der Waals surface area contributed by atoms with Crippen molar-refractivity contribution in [1.29, 1.82) is 0 Å². The molecule has 1 amide bonds. The summed E-state index contributed by atoms with van der Waals surface area (Å²) >= 11 is 0. The second-order valence-corrected chi connectivity index (χ2v) is 8.99. The highest BCUT2D eigenvalue weighted by Gasteiger charge is 2.31. The van der Waals surface area contributed by atoms with E-state index < -0.39 is 11.7 Å². The third kappa shape index (κ3) is 4.84. The Bertz CT molecular complexity index is 1200. The molecule has 4 heterocycles. The molecule has 1 atom stereocenters. The summed E-state index contributed by atoms with van der Waals surface area (Å²) in [5, 5.41) is 8.27. The van der Waals surface area contributed by atoms with Gasteiger partial charge < -0.3 is 15.1 Å². The van der Waals surface area contributed by atoms with Gasteiger partial charge in [-0.25, -0.2) is 19.6 Å². The fourth-order valence-electron chi connectivity index (χ4n) is 4.19. The molecule has 3 aromatic heterocycles. The number of hydrogen-bond acceptors (Lipinski definition) is 7. The smallest absolute Gasteiger partial charge is 0.303 e. The number of fused-ring (bicyclic) bond motifs is 1. The van der Waals surface area contributed by atoms with Gasteiger partial charge in [-0.2, -0.15) is 8.78 Å². The van der Waals surface area contributed by atoms with Crippen LogP contribution in [0.25, 0.3) is 16.7 Å². The van der Waals surface area contributed by atoms with Gasteiger partial charge in [0, 0.05) is 57.0 Å². The first-order valence-electron chi connectivity index (χ1n) is 11.4. The van der Waals surface area contributed by atoms with E-state index >= 15 is 0 Å². The van der Waals surface area contributed by atoms with Crippen LogP contribution in [0.1, 0.15) is 45.1 Å². The molecule has 1 unspecified atom stereocenters. The minimum Gasteiger partial charge on any atom is -0.353 e. The van der Waals surface area contributed by atoms with Gasteiger partial charge >= 0.3 is 5.92 Å². The molecule has 0 bridgehead atoms. The first kappa shape index (κ1) is 23.9. The number of nitrogens with one attached hydrogen (secondary N) is 1. The zero-order chi connectivity index (χ0) is 24.6. The highest BCUT2D eigenvalue weighted by molar-refractivity contribution is 5.95. The standard InChI is InChI=1S/C23H30F2N8O/c1-6-15-10-20(29-22(28-15)23(3,24)25)33-18-11-19(27-14(2)34)26-12-17(18)21(30-33)32-9-7-8-16(13-32)31(4)5/h10-12,16H,6-9,13H2,1-5H3,(H,26,27,34). The van der Waals surface area contributed by atoms with Gasteiger partial charge in [0.1, 0.15) is 5.82 Å². The van der Waals surface area contributed by atoms with Crippen LogP contribution < -0.4 is 10.2 Å². The molecule has 1 aliphatic heterocycles. The maximum Gasteiger partial charge on any atom is 0.303 e. The molecule has 11 heteroatoms. The van der Waals surface area contributed by atoms with Crippen molar-refractivity contribution in [1.82, 2.24) is 29.6 Å². The van der Waals surface area contributed by atoms with Crippen molar-refractivity contribution in [2.45, 2.75) is 52.0 Å². The first-order chi connectivity index (χ1) is 16.1. The molecule has 0 radical (unpaired) electrons. The van der Waals surface area contributed by atoms with Crippen molar-refractivity contribution < 1.29 is 13.6 Å². The Morgan fingerprint density at radius 3 is 2.71 bits per heavy atom. The predicted molar refractivity (Wildman–Crippen MR) is 127 cm³/mol. The van der Waals surface area contributed by atoms with Crippen LogP contribution in [0.4, 0.5) is 20.4 Å². The lowest BCUT2D eigenvalue weighted by molar-refractivity contribution is -0.114. The summed E-state index contributed by atoms with van der Waals surface area (Å²) in [5.74, 6) is -2.69. The van der Waals surface area contributed by atoms with Crippen molar-refractivity contribution in [3.63, 3.8) is 0 Å². The number of halogens is 2. The number of piperidine rings is 1. The first-order valence-corrected chi connectivity index (χ1v) is 11.4. The molecular weight excluding hydrogens is 442 g/mol. The van der Waals surface area contributed by atoms with Gasteiger partial charge in [0.05, 0.1) is 10.9 Å². The van der Waals surface area contributed by atoms with Gasteiger partial charge in [0.2, 0.25) is 11.7 Å². The molecule has 0 aliphatic carbocycles. The van der Waals surface area contributed by atoms with E-state index in [1.54, 1.807) is 23.0 Å². The van der Waals surface area contributed by atoms with E-state index in [9.17, 15) is 13.6 Å². The fourth-order valence-corrected chi connectivity index (χ4v) is 4.19. The van der Waals surface area contributed by atoms with E-state index in [0.717, 1.165) is 38.2 Å². The molecule has 182 valence electrons. The SMILES string of the molecule is CCc1cc(-n2nc(N3CCCC(N(C)C)C3)c3cnc(NC(C)=O)cc32)nc(C(C)(F)F)n1. The Morgan fingerprint density at radius 1 is 1.29 bits per heavy atom. The second kappa shape index (κ2) is 9.21. The van der Waals surface area contributed by atoms with Crippen molar-refractivity contribution in [3.05, 3.63) is 29.8 Å². The van der Waals surface area contributed by atoms with Crippen LogP contribution in [0.3, 0.4) is 0 Å². The number of alkyl halides is 2. The van der Waals surface area contributed by atoms with Crippen LogP contribution in [0, 0.1) is 0 Å². The number of carbonyl (C=O) groups excluding carboxylic acids is 1. The molecule has 4 rings (SSSR count). The van der Waals surface area contributed by atoms with E-state index in [0.29, 0.717) is 35.3 Å². The summed E-state index contributed by atoms with van der Waals surface area (Å²) in [6.45, 7) is 5.65. The third-order valence-corrected chi connectivity index (χ3v) is 6.01. The maximum absolute atomic E-state index is 14.2. The van der Waals surface area contributed by atoms with Crippen LogP contribution in [0.15, 0.2) is 18.3 Å². The zero-order valence-electron chi connectivity index (χ0n) is 20.1. The Hall–Kier alpha value is -3.21. The molecule has 0 spiro atoms. The molecule has 3 aromatic rings. The molecule has 0 saturated carbocycles. The highest BCUT2D eigenvalue weighted by atomic mass is 19.3. The van der Waals surface area contributed by atoms with Crippen LogP contribution in [0.5, 0.6) is 0 Å². The number of aromatic nitrogens is 5. The minimum absolute atomic E-state index is 0.251. The Labute approximate surface area is 197 Å². The average molecular weight is 473 g/mol. The Morgan fingerprint density at radius 2 is 2.06 bits per heavy atom. The molecule has 34 heavy (non-hydrogen) atoms.